The minimum atomic E-state index is -4.72. The van der Waals surface area contributed by atoms with Gasteiger partial charge in [-0.3, -0.25) is 38.5 Å². The number of aliphatic hydroxyl groups excluding tert-OH is 1. The summed E-state index contributed by atoms with van der Waals surface area (Å²) >= 11 is 13.0. The van der Waals surface area contributed by atoms with Crippen molar-refractivity contribution in [2.45, 2.75) is 167 Å². The Hall–Kier alpha value is -9.01. The Morgan fingerprint density at radius 2 is 0.887 bits per heavy atom. The van der Waals surface area contributed by atoms with E-state index in [1.807, 2.05) is 106 Å². The molecule has 0 radical (unpaired) electrons. The summed E-state index contributed by atoms with van der Waals surface area (Å²) in [6.45, 7) is 10.4. The van der Waals surface area contributed by atoms with Crippen LogP contribution in [0.3, 0.4) is 0 Å². The average Bonchev–Trinajstić information content (AvgIpc) is 1.64. The molecule has 0 saturated carbocycles. The predicted octanol–water partition coefficient (Wildman–Crippen LogP) is 16.4. The number of halogens is 7. The Morgan fingerprint density at radius 1 is 0.528 bits per heavy atom. The Kier molecular flexibility index (Phi) is 23.4. The van der Waals surface area contributed by atoms with Crippen LogP contribution in [-0.2, 0) is 23.0 Å². The second-order valence-corrected chi connectivity index (χ2v) is 29.6. The van der Waals surface area contributed by atoms with Gasteiger partial charge in [-0.1, -0.05) is 122 Å². The third-order valence-electron chi connectivity index (χ3n) is 18.7. The third-order valence-corrected chi connectivity index (χ3v) is 23.5. The Balaban J connectivity index is 0.000000149. The fourth-order valence-electron chi connectivity index (χ4n) is 13.2. The van der Waals surface area contributed by atoms with Crippen molar-refractivity contribution in [2.24, 2.45) is 0 Å². The SMILES string of the molecule is C.C.CCCCOc1c2n(ccc1=O)N([C@@H]1c3ccccc3SCc3onc(C)c31)CN([C@H](C)C(F)(F)F)C2=O.Cc1noc2c1C(Cl)c1ccccc1SC2.Cc1noc2c1C(O)c1ccccc1SC2.Cc1noc2c1[C@H](N1CN([C@H](C)C(F)(F)F)C(=O)c3c(O)c(=O)ccn31)c1ccccc1SC2. The first-order valence-electron chi connectivity index (χ1n) is 32.9. The predicted molar refractivity (Wildman–Crippen MR) is 391 cm³/mol. The Morgan fingerprint density at radius 3 is 1.34 bits per heavy atom. The molecule has 4 aromatic carbocycles. The van der Waals surface area contributed by atoms with Gasteiger partial charge in [0.1, 0.15) is 43.6 Å². The number of aryl methyl sites for hydroxylation is 4. The quantitative estimate of drug-likeness (QED) is 0.0815. The van der Waals surface area contributed by atoms with Crippen LogP contribution in [0.5, 0.6) is 11.5 Å². The van der Waals surface area contributed by atoms with Crippen LogP contribution in [0.4, 0.5) is 26.3 Å². The number of aliphatic hydroxyl groups is 1. The molecule has 32 heteroatoms. The third kappa shape index (κ3) is 14.8. The zero-order valence-corrected chi connectivity index (χ0v) is 60.7. The zero-order valence-electron chi connectivity index (χ0n) is 56.7. The number of benzene rings is 4. The van der Waals surface area contributed by atoms with Crippen molar-refractivity contribution in [3.63, 3.8) is 0 Å². The molecule has 0 aliphatic carbocycles. The van der Waals surface area contributed by atoms with Crippen LogP contribution < -0.4 is 25.6 Å². The van der Waals surface area contributed by atoms with Crippen LogP contribution >= 0.6 is 58.6 Å². The lowest BCUT2D eigenvalue weighted by molar-refractivity contribution is -0.173. The number of nitrogens with zero attached hydrogens (tertiary/aromatic N) is 10. The highest BCUT2D eigenvalue weighted by atomic mass is 35.5. The van der Waals surface area contributed by atoms with Gasteiger partial charge in [-0.05, 0) is 94.5 Å². The van der Waals surface area contributed by atoms with E-state index in [1.54, 1.807) is 54.1 Å². The monoisotopic (exact) mass is 1560 g/mol. The van der Waals surface area contributed by atoms with Crippen molar-refractivity contribution in [1.29, 1.82) is 0 Å². The highest BCUT2D eigenvalue weighted by Crippen LogP contribution is 2.49. The summed E-state index contributed by atoms with van der Waals surface area (Å²) in [7, 11) is 0. The number of unbranched alkanes of at least 4 members (excludes halogenated alkanes) is 1. The van der Waals surface area contributed by atoms with E-state index >= 15 is 0 Å². The van der Waals surface area contributed by atoms with Crippen LogP contribution in [0, 0.1) is 27.7 Å². The van der Waals surface area contributed by atoms with E-state index < -0.39 is 90.1 Å². The molecule has 6 atom stereocenters. The summed E-state index contributed by atoms with van der Waals surface area (Å²) in [5, 5.41) is 40.0. The van der Waals surface area contributed by atoms with Crippen LogP contribution in [-0.4, -0.2) is 106 Å². The largest absolute Gasteiger partial charge is 0.502 e. The van der Waals surface area contributed by atoms with E-state index in [4.69, 9.17) is 34.4 Å². The molecule has 12 heterocycles. The van der Waals surface area contributed by atoms with Gasteiger partial charge in [-0.25, -0.2) is 0 Å². The molecule has 560 valence electrons. The van der Waals surface area contributed by atoms with Crippen LogP contribution in [0.15, 0.2) is 169 Å². The summed E-state index contributed by atoms with van der Waals surface area (Å²) < 4.78 is 113. The number of amides is 2. The number of pyridine rings is 2. The van der Waals surface area contributed by atoms with Gasteiger partial charge in [0.25, 0.3) is 11.8 Å². The number of thioether (sulfide) groups is 4. The fraction of sp³-hybridized carbons (Fsp3) is 0.351. The first-order valence-corrected chi connectivity index (χ1v) is 37.3. The first kappa shape index (κ1) is 78.1. The van der Waals surface area contributed by atoms with E-state index in [1.165, 1.54) is 49.5 Å². The molecule has 0 spiro atoms. The highest BCUT2D eigenvalue weighted by molar-refractivity contribution is 7.99. The maximum absolute atomic E-state index is 14.0. The summed E-state index contributed by atoms with van der Waals surface area (Å²) in [5.41, 5.74) is 7.57. The van der Waals surface area contributed by atoms with E-state index in [2.05, 4.69) is 32.8 Å². The lowest BCUT2D eigenvalue weighted by atomic mass is 9.96. The first-order chi connectivity index (χ1) is 49.8. The van der Waals surface area contributed by atoms with Gasteiger partial charge in [-0.15, -0.1) is 58.6 Å². The number of fused-ring (bicyclic) bond motifs is 10. The standard InChI is InChI=1S/C26H27F3N4O4S.C22H19F3N4O4S.C12H10ClNOS.C12H11NO2S.2CH4/c1-4-5-12-36-24-18(34)10-11-32-23(24)25(35)31(16(3)26(27,28)29)14-33(32)22-17-8-6-7-9-20(17)38-13-19-21(22)15(2)30-37-19;1-11-17-15(33-26-11)9-34-16-6-4-3-5-13(16)18(17)29-10-27(12(2)22(23,24)25)21(32)19-20(31)14(30)7-8-28(19)29;1-7-11-9(15-14-7)6-16-10-5-3-2-4-8(10)12(11)13;1-7-11-9(15-13-7)6-16-10-5-3-2-4-8(10)12(11)14;;/h6-11,16,22H,4-5,12-14H2,1-3H3;3-8,12,18,31H,9-10H2,1-2H3;2-5,12H,6H2,1H3;2-5,12,14H,6H2,1H3;2*1H4/t16-,22-;12-,18-;;;;/m11..../s1. The molecule has 2 unspecified atom stereocenters. The minimum Gasteiger partial charge on any atom is -0.502 e. The summed E-state index contributed by atoms with van der Waals surface area (Å²) in [5.74, 6) is 2.15. The van der Waals surface area contributed by atoms with Gasteiger partial charge in [0.15, 0.2) is 45.9 Å². The van der Waals surface area contributed by atoms with Gasteiger partial charge >= 0.3 is 12.4 Å². The van der Waals surface area contributed by atoms with Gasteiger partial charge in [0, 0.05) is 60.8 Å². The van der Waals surface area contributed by atoms with Crippen molar-refractivity contribution in [3.05, 3.63) is 244 Å². The second kappa shape index (κ2) is 31.8. The van der Waals surface area contributed by atoms with Crippen molar-refractivity contribution < 1.29 is 69.0 Å². The van der Waals surface area contributed by atoms with E-state index in [0.717, 1.165) is 119 Å². The molecule has 16 rings (SSSR count). The molecule has 2 N–H and O–H groups in total. The summed E-state index contributed by atoms with van der Waals surface area (Å²) in [4.78, 5) is 57.3. The lowest BCUT2D eigenvalue weighted by Gasteiger charge is -2.45. The Labute approximate surface area is 627 Å². The maximum Gasteiger partial charge on any atom is 0.408 e. The summed E-state index contributed by atoms with van der Waals surface area (Å²) in [6.07, 6.45) is -5.92. The number of aromatic nitrogens is 6. The van der Waals surface area contributed by atoms with Crippen LogP contribution in [0.1, 0.15) is 183 Å². The normalized spacial score (nSPS) is 18.1. The number of carbonyl (C=O) groups is 2. The fourth-order valence-corrected chi connectivity index (χ4v) is 17.8. The van der Waals surface area contributed by atoms with Crippen molar-refractivity contribution >= 4 is 70.5 Å². The van der Waals surface area contributed by atoms with Gasteiger partial charge < -0.3 is 42.8 Å². The molecule has 10 aromatic rings. The molecule has 6 aliphatic rings. The zero-order chi connectivity index (χ0) is 73.8. The van der Waals surface area contributed by atoms with E-state index in [-0.39, 0.29) is 38.3 Å². The molecular weight excluding hydrogens is 1480 g/mol. The topological polar surface area (TPSA) is 245 Å². The minimum absolute atomic E-state index is 0. The second-order valence-electron chi connectivity index (χ2n) is 25.1. The molecule has 6 aliphatic heterocycles. The van der Waals surface area contributed by atoms with Crippen molar-refractivity contribution in [3.8, 4) is 11.5 Å². The number of hydrogen-bond donors (Lipinski definition) is 2. The molecule has 6 aromatic heterocycles. The number of aromatic hydroxyl groups is 1. The van der Waals surface area contributed by atoms with Gasteiger partial charge in [0.05, 0.1) is 63.3 Å². The van der Waals surface area contributed by atoms with Crippen LogP contribution in [0.2, 0.25) is 0 Å². The van der Waals surface area contributed by atoms with Crippen LogP contribution in [0.25, 0.3) is 0 Å². The molecule has 21 nitrogen and oxygen atoms in total. The Bertz CT molecular complexity index is 4920. The smallest absolute Gasteiger partial charge is 0.408 e. The molecule has 0 fully saturated rings. The van der Waals surface area contributed by atoms with Gasteiger partial charge in [-0.2, -0.15) is 26.3 Å². The van der Waals surface area contributed by atoms with Gasteiger partial charge in [0.2, 0.25) is 10.9 Å². The average molecular weight is 1560 g/mol. The molecule has 0 saturated heterocycles. The van der Waals surface area contributed by atoms with Crippen molar-refractivity contribution in [1.82, 2.24) is 39.8 Å². The summed E-state index contributed by atoms with van der Waals surface area (Å²) in [6, 6.07) is 27.9. The lowest BCUT2D eigenvalue weighted by Crippen LogP contribution is -2.60. The molecule has 106 heavy (non-hydrogen) atoms. The number of hydrogen-bond acceptors (Lipinski definition) is 21. The molecule has 2 amide bonds. The van der Waals surface area contributed by atoms with Crippen molar-refractivity contribution in [2.75, 3.05) is 30.0 Å². The number of alkyl halides is 7. The maximum atomic E-state index is 14.0. The van der Waals surface area contributed by atoms with E-state index in [0.29, 0.717) is 51.3 Å². The number of ether oxygens (including phenoxy) is 1. The molecular formula is C74H75ClF6N10O11S4. The van der Waals surface area contributed by atoms with E-state index in [9.17, 15) is 55.7 Å². The number of carbonyl (C=O) groups excluding carboxylic acids is 2. The highest BCUT2D eigenvalue weighted by Gasteiger charge is 2.51. The number of rotatable bonds is 8. The molecule has 0 bridgehead atoms.